The van der Waals surface area contributed by atoms with E-state index in [0.717, 1.165) is 5.56 Å². The summed E-state index contributed by atoms with van der Waals surface area (Å²) in [6.45, 7) is 4.96. The standard InChI is InChI=1S/C14H18N2O4S/c1-10-4-5-13(11(2)8-10)21(18,19)16-7-6-14(17)20-12(3)9-15/h4-5,8,12,16H,6-7H2,1-3H3/t12-/m0/s1. The third kappa shape index (κ3) is 5.17. The minimum absolute atomic E-state index is 0.0768. The van der Waals surface area contributed by atoms with Crippen LogP contribution in [0.5, 0.6) is 0 Å². The van der Waals surface area contributed by atoms with Crippen LogP contribution in [-0.2, 0) is 19.6 Å². The molecule has 1 aromatic carbocycles. The van der Waals surface area contributed by atoms with Gasteiger partial charge in [0.25, 0.3) is 0 Å². The van der Waals surface area contributed by atoms with Gasteiger partial charge in [0.2, 0.25) is 10.0 Å². The average molecular weight is 310 g/mol. The number of hydrogen-bond acceptors (Lipinski definition) is 5. The van der Waals surface area contributed by atoms with Gasteiger partial charge in [-0.1, -0.05) is 17.7 Å². The maximum Gasteiger partial charge on any atom is 0.308 e. The second-order valence-electron chi connectivity index (χ2n) is 4.68. The zero-order chi connectivity index (χ0) is 16.0. The van der Waals surface area contributed by atoms with Crippen molar-refractivity contribution in [3.8, 4) is 6.07 Å². The molecular weight excluding hydrogens is 292 g/mol. The van der Waals surface area contributed by atoms with Crippen LogP contribution in [-0.4, -0.2) is 27.0 Å². The molecule has 0 aliphatic heterocycles. The Balaban J connectivity index is 2.62. The van der Waals surface area contributed by atoms with Crippen LogP contribution in [0.1, 0.15) is 24.5 Å². The molecule has 21 heavy (non-hydrogen) atoms. The van der Waals surface area contributed by atoms with Crippen molar-refractivity contribution in [1.82, 2.24) is 4.72 Å². The first-order valence-corrected chi connectivity index (χ1v) is 7.90. The summed E-state index contributed by atoms with van der Waals surface area (Å²) < 4.78 is 31.3. The Hall–Kier alpha value is -1.91. The number of hydrogen-bond donors (Lipinski definition) is 1. The molecule has 0 fully saturated rings. The van der Waals surface area contributed by atoms with Crippen molar-refractivity contribution in [2.75, 3.05) is 6.54 Å². The van der Waals surface area contributed by atoms with Crippen molar-refractivity contribution in [2.24, 2.45) is 0 Å². The van der Waals surface area contributed by atoms with Crippen molar-refractivity contribution in [2.45, 2.75) is 38.2 Å². The molecule has 1 aromatic rings. The van der Waals surface area contributed by atoms with E-state index in [1.165, 1.54) is 13.0 Å². The SMILES string of the molecule is Cc1ccc(S(=O)(=O)NCCC(=O)O[C@@H](C)C#N)c(C)c1. The maximum atomic E-state index is 12.1. The fourth-order valence-corrected chi connectivity index (χ4v) is 3.00. The number of sulfonamides is 1. The second-order valence-corrected chi connectivity index (χ2v) is 6.41. The molecule has 0 aliphatic carbocycles. The molecule has 6 nitrogen and oxygen atoms in total. The Morgan fingerprint density at radius 3 is 2.67 bits per heavy atom. The molecule has 0 spiro atoms. The Morgan fingerprint density at radius 2 is 2.10 bits per heavy atom. The predicted octanol–water partition coefficient (Wildman–Crippen LogP) is 1.43. The van der Waals surface area contributed by atoms with Crippen LogP contribution in [0.15, 0.2) is 23.1 Å². The number of carbonyl (C=O) groups excluding carboxylic acids is 1. The van der Waals surface area contributed by atoms with Crippen molar-refractivity contribution >= 4 is 16.0 Å². The summed E-state index contributed by atoms with van der Waals surface area (Å²) in [6.07, 6.45) is -0.968. The van der Waals surface area contributed by atoms with Crippen LogP contribution in [0.2, 0.25) is 0 Å². The summed E-state index contributed by atoms with van der Waals surface area (Å²) in [5, 5.41) is 8.50. The van der Waals surface area contributed by atoms with Crippen molar-refractivity contribution in [3.63, 3.8) is 0 Å². The minimum atomic E-state index is -3.66. The Kier molecular flexibility index (Phi) is 5.88. The summed E-state index contributed by atoms with van der Waals surface area (Å²) in [5.41, 5.74) is 1.61. The summed E-state index contributed by atoms with van der Waals surface area (Å²) >= 11 is 0. The van der Waals surface area contributed by atoms with Crippen molar-refractivity contribution < 1.29 is 17.9 Å². The fraction of sp³-hybridized carbons (Fsp3) is 0.429. The van der Waals surface area contributed by atoms with Crippen molar-refractivity contribution in [1.29, 1.82) is 5.26 Å². The molecule has 1 rings (SSSR count). The van der Waals surface area contributed by atoms with Crippen LogP contribution in [0.25, 0.3) is 0 Å². The van der Waals surface area contributed by atoms with E-state index in [0.29, 0.717) is 5.56 Å². The number of esters is 1. The number of carbonyl (C=O) groups is 1. The van der Waals surface area contributed by atoms with Crippen LogP contribution in [0, 0.1) is 25.2 Å². The quantitative estimate of drug-likeness (QED) is 0.802. The molecule has 7 heteroatoms. The number of aryl methyl sites for hydroxylation is 2. The van der Waals surface area contributed by atoms with E-state index in [-0.39, 0.29) is 17.9 Å². The highest BCUT2D eigenvalue weighted by molar-refractivity contribution is 7.89. The lowest BCUT2D eigenvalue weighted by Gasteiger charge is -2.10. The predicted molar refractivity (Wildman–Crippen MR) is 76.9 cm³/mol. The molecule has 0 unspecified atom stereocenters. The van der Waals surface area contributed by atoms with Crippen LogP contribution in [0.3, 0.4) is 0 Å². The topological polar surface area (TPSA) is 96.3 Å². The van der Waals surface area contributed by atoms with E-state index in [1.807, 2.05) is 6.92 Å². The normalized spacial score (nSPS) is 12.5. The third-order valence-electron chi connectivity index (χ3n) is 2.73. The van der Waals surface area contributed by atoms with E-state index in [2.05, 4.69) is 4.72 Å². The van der Waals surface area contributed by atoms with Crippen LogP contribution >= 0.6 is 0 Å². The molecular formula is C14H18N2O4S. The van der Waals surface area contributed by atoms with Gasteiger partial charge < -0.3 is 4.74 Å². The lowest BCUT2D eigenvalue weighted by molar-refractivity contribution is -0.145. The van der Waals surface area contributed by atoms with E-state index >= 15 is 0 Å². The Labute approximate surface area is 124 Å². The van der Waals surface area contributed by atoms with Gasteiger partial charge in [0.1, 0.15) is 6.07 Å². The minimum Gasteiger partial charge on any atom is -0.447 e. The van der Waals surface area contributed by atoms with Crippen LogP contribution in [0.4, 0.5) is 0 Å². The highest BCUT2D eigenvalue weighted by atomic mass is 32.2. The first-order valence-electron chi connectivity index (χ1n) is 6.42. The smallest absolute Gasteiger partial charge is 0.308 e. The molecule has 114 valence electrons. The summed E-state index contributed by atoms with van der Waals surface area (Å²) in [4.78, 5) is 11.5. The second kappa shape index (κ2) is 7.20. The zero-order valence-electron chi connectivity index (χ0n) is 12.2. The number of nitrogens with zero attached hydrogens (tertiary/aromatic N) is 1. The number of nitrogens with one attached hydrogen (secondary N) is 1. The molecule has 0 aromatic heterocycles. The summed E-state index contributed by atoms with van der Waals surface area (Å²) in [6, 6.07) is 6.78. The van der Waals surface area contributed by atoms with Gasteiger partial charge in [-0.05, 0) is 32.4 Å². The van der Waals surface area contributed by atoms with Gasteiger partial charge in [-0.25, -0.2) is 13.1 Å². The van der Waals surface area contributed by atoms with Gasteiger partial charge in [0, 0.05) is 6.54 Å². The highest BCUT2D eigenvalue weighted by Crippen LogP contribution is 2.16. The molecule has 1 atom stereocenters. The summed E-state index contributed by atoms with van der Waals surface area (Å²) in [7, 11) is -3.66. The largest absolute Gasteiger partial charge is 0.447 e. The lowest BCUT2D eigenvalue weighted by Crippen LogP contribution is -2.28. The third-order valence-corrected chi connectivity index (χ3v) is 4.35. The van der Waals surface area contributed by atoms with E-state index in [4.69, 9.17) is 10.00 Å². The molecule has 1 N–H and O–H groups in total. The van der Waals surface area contributed by atoms with Gasteiger partial charge in [-0.2, -0.15) is 5.26 Å². The first-order chi connectivity index (χ1) is 9.76. The average Bonchev–Trinajstić information content (AvgIpc) is 2.37. The molecule has 0 amide bonds. The Bertz CT molecular complexity index is 662. The van der Waals surface area contributed by atoms with Gasteiger partial charge in [0.15, 0.2) is 6.10 Å². The number of nitriles is 1. The maximum absolute atomic E-state index is 12.1. The van der Waals surface area contributed by atoms with Gasteiger partial charge in [-0.15, -0.1) is 0 Å². The number of rotatable bonds is 6. The Morgan fingerprint density at radius 1 is 1.43 bits per heavy atom. The van der Waals surface area contributed by atoms with Gasteiger partial charge in [0.05, 0.1) is 11.3 Å². The molecule has 0 aliphatic rings. The molecule has 0 radical (unpaired) electrons. The van der Waals surface area contributed by atoms with E-state index in [9.17, 15) is 13.2 Å². The van der Waals surface area contributed by atoms with E-state index < -0.39 is 22.1 Å². The van der Waals surface area contributed by atoms with Gasteiger partial charge in [-0.3, -0.25) is 4.79 Å². The number of ether oxygens (including phenoxy) is 1. The van der Waals surface area contributed by atoms with E-state index in [1.54, 1.807) is 25.1 Å². The molecule has 0 saturated carbocycles. The fourth-order valence-electron chi connectivity index (χ4n) is 1.75. The lowest BCUT2D eigenvalue weighted by atomic mass is 10.2. The van der Waals surface area contributed by atoms with Crippen LogP contribution < -0.4 is 4.72 Å². The zero-order valence-corrected chi connectivity index (χ0v) is 13.0. The molecule has 0 bridgehead atoms. The van der Waals surface area contributed by atoms with Gasteiger partial charge >= 0.3 is 5.97 Å². The highest BCUT2D eigenvalue weighted by Gasteiger charge is 2.17. The molecule has 0 heterocycles. The molecule has 0 saturated heterocycles. The monoisotopic (exact) mass is 310 g/mol. The summed E-state index contributed by atoms with van der Waals surface area (Å²) in [5.74, 6) is -0.618. The number of benzene rings is 1. The first kappa shape index (κ1) is 17.1. The van der Waals surface area contributed by atoms with Crippen molar-refractivity contribution in [3.05, 3.63) is 29.3 Å².